The number of methoxy groups -OCH3 is 1. The van der Waals surface area contributed by atoms with E-state index in [0.717, 1.165) is 5.69 Å². The van der Waals surface area contributed by atoms with Crippen molar-refractivity contribution in [3.8, 4) is 5.88 Å². The molecule has 2 rings (SSSR count). The van der Waals surface area contributed by atoms with Crippen LogP contribution in [0.25, 0.3) is 0 Å². The molecule has 1 amide bonds. The third-order valence-corrected chi connectivity index (χ3v) is 2.81. The van der Waals surface area contributed by atoms with Crippen LogP contribution < -0.4 is 15.0 Å². The molecule has 0 aliphatic heterocycles. The monoisotopic (exact) mass is 271 g/mol. The standard InChI is InChI=1S/C15H17N3O2/c1-18(13-6-4-3-5-7-13)11-14(19)17-12-8-9-15(20-2)16-10-12/h3-10H,11H2,1-2H3,(H,17,19). The third-order valence-electron chi connectivity index (χ3n) is 2.81. The molecule has 104 valence electrons. The summed E-state index contributed by atoms with van der Waals surface area (Å²) in [6.07, 6.45) is 1.57. The number of benzene rings is 1. The average Bonchev–Trinajstić information content (AvgIpc) is 2.49. The Bertz CT molecular complexity index is 555. The Kier molecular flexibility index (Phi) is 4.55. The second-order valence-corrected chi connectivity index (χ2v) is 4.33. The summed E-state index contributed by atoms with van der Waals surface area (Å²) < 4.78 is 4.96. The maximum atomic E-state index is 11.9. The number of pyridine rings is 1. The van der Waals surface area contributed by atoms with Crippen LogP contribution >= 0.6 is 0 Å². The predicted octanol–water partition coefficient (Wildman–Crippen LogP) is 2.17. The highest BCUT2D eigenvalue weighted by atomic mass is 16.5. The molecule has 2 aromatic rings. The van der Waals surface area contributed by atoms with E-state index >= 15 is 0 Å². The van der Waals surface area contributed by atoms with Crippen molar-refractivity contribution in [1.82, 2.24) is 4.98 Å². The summed E-state index contributed by atoms with van der Waals surface area (Å²) in [5.41, 5.74) is 1.65. The molecular formula is C15H17N3O2. The van der Waals surface area contributed by atoms with Crippen LogP contribution in [0, 0.1) is 0 Å². The summed E-state index contributed by atoms with van der Waals surface area (Å²) in [5, 5.41) is 2.80. The van der Waals surface area contributed by atoms with Crippen molar-refractivity contribution >= 4 is 17.3 Å². The SMILES string of the molecule is COc1ccc(NC(=O)CN(C)c2ccccc2)cn1. The molecule has 1 aromatic heterocycles. The Balaban J connectivity index is 1.91. The summed E-state index contributed by atoms with van der Waals surface area (Å²) in [6.45, 7) is 0.274. The molecule has 0 atom stereocenters. The van der Waals surface area contributed by atoms with E-state index in [-0.39, 0.29) is 12.5 Å². The van der Waals surface area contributed by atoms with E-state index in [1.807, 2.05) is 42.3 Å². The highest BCUT2D eigenvalue weighted by molar-refractivity contribution is 5.93. The van der Waals surface area contributed by atoms with Crippen molar-refractivity contribution < 1.29 is 9.53 Å². The molecule has 20 heavy (non-hydrogen) atoms. The summed E-state index contributed by atoms with van der Waals surface area (Å²) >= 11 is 0. The zero-order valence-electron chi connectivity index (χ0n) is 11.5. The molecule has 0 bridgehead atoms. The second-order valence-electron chi connectivity index (χ2n) is 4.33. The minimum Gasteiger partial charge on any atom is -0.481 e. The van der Waals surface area contributed by atoms with Crippen LogP contribution in [-0.2, 0) is 4.79 Å². The lowest BCUT2D eigenvalue weighted by Crippen LogP contribution is -2.30. The summed E-state index contributed by atoms with van der Waals surface area (Å²) in [7, 11) is 3.43. The number of para-hydroxylation sites is 1. The molecule has 5 nitrogen and oxygen atoms in total. The largest absolute Gasteiger partial charge is 0.481 e. The maximum absolute atomic E-state index is 11.9. The first-order valence-electron chi connectivity index (χ1n) is 6.25. The minimum absolute atomic E-state index is 0.0941. The van der Waals surface area contributed by atoms with Gasteiger partial charge in [0.2, 0.25) is 11.8 Å². The van der Waals surface area contributed by atoms with E-state index in [2.05, 4.69) is 10.3 Å². The molecule has 0 aliphatic carbocycles. The van der Waals surface area contributed by atoms with Crippen molar-refractivity contribution in [3.05, 3.63) is 48.7 Å². The third kappa shape index (κ3) is 3.71. The van der Waals surface area contributed by atoms with Crippen molar-refractivity contribution in [3.63, 3.8) is 0 Å². The van der Waals surface area contributed by atoms with Crippen LogP contribution in [-0.4, -0.2) is 31.6 Å². The van der Waals surface area contributed by atoms with Gasteiger partial charge in [0.1, 0.15) is 0 Å². The zero-order valence-corrected chi connectivity index (χ0v) is 11.5. The van der Waals surface area contributed by atoms with Crippen LogP contribution in [0.15, 0.2) is 48.7 Å². The van der Waals surface area contributed by atoms with Gasteiger partial charge in [0, 0.05) is 18.8 Å². The number of nitrogens with zero attached hydrogens (tertiary/aromatic N) is 2. The van der Waals surface area contributed by atoms with Crippen LogP contribution in [0.3, 0.4) is 0 Å². The van der Waals surface area contributed by atoms with Gasteiger partial charge in [-0.15, -0.1) is 0 Å². The number of aromatic nitrogens is 1. The van der Waals surface area contributed by atoms with Gasteiger partial charge in [-0.25, -0.2) is 4.98 Å². The zero-order chi connectivity index (χ0) is 14.4. The van der Waals surface area contributed by atoms with Gasteiger partial charge in [0.25, 0.3) is 0 Å². The summed E-state index contributed by atoms with van der Waals surface area (Å²) in [5.74, 6) is 0.424. The van der Waals surface area contributed by atoms with Crippen LogP contribution in [0.5, 0.6) is 5.88 Å². The smallest absolute Gasteiger partial charge is 0.243 e. The molecule has 1 N–H and O–H groups in total. The van der Waals surface area contributed by atoms with Crippen LogP contribution in [0.2, 0.25) is 0 Å². The lowest BCUT2D eigenvalue weighted by molar-refractivity contribution is -0.114. The second kappa shape index (κ2) is 6.56. The number of carbonyl (C=O) groups excluding carboxylic acids is 1. The molecule has 0 saturated carbocycles. The first-order valence-corrected chi connectivity index (χ1v) is 6.25. The van der Waals surface area contributed by atoms with Gasteiger partial charge in [-0.05, 0) is 18.2 Å². The van der Waals surface area contributed by atoms with Crippen molar-refractivity contribution in [2.75, 3.05) is 30.9 Å². The number of hydrogen-bond acceptors (Lipinski definition) is 4. The van der Waals surface area contributed by atoms with Gasteiger partial charge in [0.15, 0.2) is 0 Å². The highest BCUT2D eigenvalue weighted by Gasteiger charge is 2.07. The molecule has 0 saturated heterocycles. The van der Waals surface area contributed by atoms with Gasteiger partial charge in [-0.2, -0.15) is 0 Å². The van der Waals surface area contributed by atoms with Gasteiger partial charge in [-0.3, -0.25) is 4.79 Å². The number of carbonyl (C=O) groups is 1. The molecule has 1 aromatic carbocycles. The van der Waals surface area contributed by atoms with Gasteiger partial charge in [0.05, 0.1) is 25.5 Å². The Hall–Kier alpha value is -2.56. The molecule has 1 heterocycles. The fourth-order valence-electron chi connectivity index (χ4n) is 1.76. The van der Waals surface area contributed by atoms with E-state index < -0.39 is 0 Å². The van der Waals surface area contributed by atoms with E-state index in [4.69, 9.17) is 4.74 Å². The van der Waals surface area contributed by atoms with Crippen molar-refractivity contribution in [2.24, 2.45) is 0 Å². The first kappa shape index (κ1) is 13.9. The van der Waals surface area contributed by atoms with Gasteiger partial charge >= 0.3 is 0 Å². The topological polar surface area (TPSA) is 54.5 Å². The molecule has 0 spiro atoms. The van der Waals surface area contributed by atoms with Crippen LogP contribution in [0.4, 0.5) is 11.4 Å². The normalized spacial score (nSPS) is 9.90. The van der Waals surface area contributed by atoms with Gasteiger partial charge < -0.3 is 15.0 Å². The van der Waals surface area contributed by atoms with E-state index in [1.54, 1.807) is 25.4 Å². The fourth-order valence-corrected chi connectivity index (χ4v) is 1.76. The minimum atomic E-state index is -0.0941. The van der Waals surface area contributed by atoms with Crippen molar-refractivity contribution in [2.45, 2.75) is 0 Å². The Labute approximate surface area is 118 Å². The maximum Gasteiger partial charge on any atom is 0.243 e. The molecule has 0 fully saturated rings. The summed E-state index contributed by atoms with van der Waals surface area (Å²) in [4.78, 5) is 17.9. The Morgan fingerprint density at radius 2 is 2.00 bits per heavy atom. The molecular weight excluding hydrogens is 254 g/mol. The number of amides is 1. The Morgan fingerprint density at radius 1 is 1.25 bits per heavy atom. The molecule has 5 heteroatoms. The first-order chi connectivity index (χ1) is 9.69. The summed E-state index contributed by atoms with van der Waals surface area (Å²) in [6, 6.07) is 13.2. The average molecular weight is 271 g/mol. The lowest BCUT2D eigenvalue weighted by Gasteiger charge is -2.18. The number of ether oxygens (including phenoxy) is 1. The number of likely N-dealkylation sites (N-methyl/N-ethyl adjacent to an activating group) is 1. The lowest BCUT2D eigenvalue weighted by atomic mass is 10.3. The number of rotatable bonds is 5. The number of nitrogens with one attached hydrogen (secondary N) is 1. The van der Waals surface area contributed by atoms with E-state index in [0.29, 0.717) is 11.6 Å². The van der Waals surface area contributed by atoms with Gasteiger partial charge in [-0.1, -0.05) is 18.2 Å². The Morgan fingerprint density at radius 3 is 2.60 bits per heavy atom. The van der Waals surface area contributed by atoms with E-state index in [1.165, 1.54) is 0 Å². The van der Waals surface area contributed by atoms with Crippen LogP contribution in [0.1, 0.15) is 0 Å². The van der Waals surface area contributed by atoms with Crippen molar-refractivity contribution in [1.29, 1.82) is 0 Å². The molecule has 0 unspecified atom stereocenters. The van der Waals surface area contributed by atoms with E-state index in [9.17, 15) is 4.79 Å². The predicted molar refractivity (Wildman–Crippen MR) is 79.1 cm³/mol. The fraction of sp³-hybridized carbons (Fsp3) is 0.200. The highest BCUT2D eigenvalue weighted by Crippen LogP contribution is 2.13. The number of anilines is 2. The number of hydrogen-bond donors (Lipinski definition) is 1. The molecule has 0 aliphatic rings. The quantitative estimate of drug-likeness (QED) is 0.905. The molecule has 0 radical (unpaired) electrons.